The lowest BCUT2D eigenvalue weighted by molar-refractivity contribution is 0.472. The van der Waals surface area contributed by atoms with E-state index in [0.29, 0.717) is 17.1 Å². The Morgan fingerprint density at radius 2 is 1.95 bits per heavy atom. The molecule has 0 spiro atoms. The van der Waals surface area contributed by atoms with Gasteiger partial charge < -0.3 is 10.5 Å². The minimum Gasteiger partial charge on any atom is -0.456 e. The highest BCUT2D eigenvalue weighted by molar-refractivity contribution is 9.10. The lowest BCUT2D eigenvalue weighted by Crippen LogP contribution is -2.10. The molecule has 5 heteroatoms. The third-order valence-electron chi connectivity index (χ3n) is 2.58. The van der Waals surface area contributed by atoms with E-state index in [1.54, 1.807) is 18.2 Å². The Morgan fingerprint density at radius 3 is 2.63 bits per heavy atom. The van der Waals surface area contributed by atoms with Crippen molar-refractivity contribution in [3.8, 4) is 11.5 Å². The van der Waals surface area contributed by atoms with Crippen LogP contribution in [0.4, 0.5) is 4.39 Å². The Labute approximate surface area is 124 Å². The summed E-state index contributed by atoms with van der Waals surface area (Å²) in [6.07, 6.45) is 0. The average Bonchev–Trinajstić information content (AvgIpc) is 2.35. The van der Waals surface area contributed by atoms with Gasteiger partial charge in [-0.15, -0.1) is 0 Å². The first-order valence-electron chi connectivity index (χ1n) is 5.51. The zero-order valence-electron chi connectivity index (χ0n) is 10.1. The second kappa shape index (κ2) is 5.67. The van der Waals surface area contributed by atoms with Crippen molar-refractivity contribution in [3.63, 3.8) is 0 Å². The zero-order valence-corrected chi connectivity index (χ0v) is 12.5. The van der Waals surface area contributed by atoms with Crippen LogP contribution in [0.3, 0.4) is 0 Å². The normalized spacial score (nSPS) is 10.3. The number of hydrogen-bond acceptors (Lipinski definition) is 2. The van der Waals surface area contributed by atoms with E-state index >= 15 is 0 Å². The summed E-state index contributed by atoms with van der Waals surface area (Å²) < 4.78 is 19.8. The van der Waals surface area contributed by atoms with Crippen molar-refractivity contribution in [1.82, 2.24) is 0 Å². The average molecular weight is 340 g/mol. The lowest BCUT2D eigenvalue weighted by atomic mass is 10.2. The molecule has 0 saturated carbocycles. The molecule has 0 saturated heterocycles. The van der Waals surface area contributed by atoms with Gasteiger partial charge in [0.05, 0.1) is 5.56 Å². The van der Waals surface area contributed by atoms with Gasteiger partial charge in [-0.3, -0.25) is 0 Å². The fourth-order valence-corrected chi connectivity index (χ4v) is 2.11. The van der Waals surface area contributed by atoms with Crippen LogP contribution in [0.2, 0.25) is 0 Å². The Kier molecular flexibility index (Phi) is 4.17. The van der Waals surface area contributed by atoms with Crippen LogP contribution in [0.5, 0.6) is 11.5 Å². The van der Waals surface area contributed by atoms with Gasteiger partial charge in [0.1, 0.15) is 22.3 Å². The minimum absolute atomic E-state index is 0.227. The highest BCUT2D eigenvalue weighted by Gasteiger charge is 2.10. The number of aryl methyl sites for hydroxylation is 1. The van der Waals surface area contributed by atoms with Gasteiger partial charge in [0.2, 0.25) is 0 Å². The molecule has 0 bridgehead atoms. The van der Waals surface area contributed by atoms with E-state index < -0.39 is 0 Å². The van der Waals surface area contributed by atoms with Gasteiger partial charge >= 0.3 is 0 Å². The summed E-state index contributed by atoms with van der Waals surface area (Å²) in [5.41, 5.74) is 7.10. The molecule has 2 aromatic rings. The third-order valence-corrected chi connectivity index (χ3v) is 3.29. The van der Waals surface area contributed by atoms with Crippen LogP contribution in [-0.4, -0.2) is 4.99 Å². The van der Waals surface area contributed by atoms with Crippen molar-refractivity contribution in [2.45, 2.75) is 6.92 Å². The Morgan fingerprint density at radius 1 is 1.21 bits per heavy atom. The van der Waals surface area contributed by atoms with E-state index in [1.165, 1.54) is 12.1 Å². The van der Waals surface area contributed by atoms with Crippen LogP contribution in [0.15, 0.2) is 40.9 Å². The zero-order chi connectivity index (χ0) is 14.0. The summed E-state index contributed by atoms with van der Waals surface area (Å²) in [5, 5.41) is 0. The van der Waals surface area contributed by atoms with Crippen LogP contribution in [0.25, 0.3) is 0 Å². The second-order valence-corrected chi connectivity index (χ2v) is 5.37. The first-order valence-corrected chi connectivity index (χ1v) is 6.71. The summed E-state index contributed by atoms with van der Waals surface area (Å²) in [6, 6.07) is 9.70. The molecule has 0 unspecified atom stereocenters. The monoisotopic (exact) mass is 339 g/mol. The van der Waals surface area contributed by atoms with Crippen molar-refractivity contribution in [2.24, 2.45) is 5.73 Å². The molecule has 98 valence electrons. The van der Waals surface area contributed by atoms with Crippen molar-refractivity contribution in [1.29, 1.82) is 0 Å². The number of ether oxygens (including phenoxy) is 1. The summed E-state index contributed by atoms with van der Waals surface area (Å²) in [7, 11) is 0. The second-order valence-electron chi connectivity index (χ2n) is 4.02. The van der Waals surface area contributed by atoms with Crippen LogP contribution in [-0.2, 0) is 0 Å². The molecule has 2 rings (SSSR count). The Bertz CT molecular complexity index is 645. The summed E-state index contributed by atoms with van der Waals surface area (Å²) in [4.78, 5) is 0.227. The standard InChI is InChI=1S/C14H11BrFNOS/c1-8-2-4-10(16)7-13(8)18-12-5-3-9(15)6-11(12)14(17)19/h2-7H,1H3,(H2,17,19). The molecule has 19 heavy (non-hydrogen) atoms. The molecular weight excluding hydrogens is 329 g/mol. The highest BCUT2D eigenvalue weighted by Crippen LogP contribution is 2.30. The molecule has 0 atom stereocenters. The minimum atomic E-state index is -0.352. The van der Waals surface area contributed by atoms with E-state index in [1.807, 2.05) is 13.0 Å². The van der Waals surface area contributed by atoms with E-state index in [0.717, 1.165) is 10.0 Å². The van der Waals surface area contributed by atoms with Crippen molar-refractivity contribution < 1.29 is 9.13 Å². The number of benzene rings is 2. The number of hydrogen-bond donors (Lipinski definition) is 1. The van der Waals surface area contributed by atoms with E-state index in [9.17, 15) is 4.39 Å². The maximum absolute atomic E-state index is 13.2. The maximum Gasteiger partial charge on any atom is 0.137 e. The first kappa shape index (κ1) is 14.0. The quantitative estimate of drug-likeness (QED) is 0.845. The molecule has 0 aliphatic heterocycles. The fourth-order valence-electron chi connectivity index (χ4n) is 1.59. The Balaban J connectivity index is 2.43. The van der Waals surface area contributed by atoms with Gasteiger partial charge in [-0.1, -0.05) is 34.2 Å². The smallest absolute Gasteiger partial charge is 0.137 e. The van der Waals surface area contributed by atoms with E-state index in [2.05, 4.69) is 15.9 Å². The van der Waals surface area contributed by atoms with Gasteiger partial charge in [0.15, 0.2) is 0 Å². The molecular formula is C14H11BrFNOS. The van der Waals surface area contributed by atoms with Gasteiger partial charge in [-0.05, 0) is 36.8 Å². The topological polar surface area (TPSA) is 35.2 Å². The summed E-state index contributed by atoms with van der Waals surface area (Å²) in [6.45, 7) is 1.84. The SMILES string of the molecule is Cc1ccc(F)cc1Oc1ccc(Br)cc1C(N)=S. The molecule has 2 N–H and O–H groups in total. The molecule has 0 heterocycles. The van der Waals surface area contributed by atoms with Gasteiger partial charge in [-0.25, -0.2) is 4.39 Å². The molecule has 2 nitrogen and oxygen atoms in total. The number of rotatable bonds is 3. The molecule has 0 fully saturated rings. The van der Waals surface area contributed by atoms with Crippen molar-refractivity contribution in [2.75, 3.05) is 0 Å². The predicted molar refractivity (Wildman–Crippen MR) is 81.2 cm³/mol. The summed E-state index contributed by atoms with van der Waals surface area (Å²) in [5.74, 6) is 0.596. The molecule has 2 aromatic carbocycles. The predicted octanol–water partition coefficient (Wildman–Crippen LogP) is 4.32. The van der Waals surface area contributed by atoms with Gasteiger partial charge in [0.25, 0.3) is 0 Å². The Hall–Kier alpha value is -1.46. The first-order chi connectivity index (χ1) is 8.97. The van der Waals surface area contributed by atoms with Crippen LogP contribution in [0.1, 0.15) is 11.1 Å². The van der Waals surface area contributed by atoms with Gasteiger partial charge in [-0.2, -0.15) is 0 Å². The van der Waals surface area contributed by atoms with Crippen molar-refractivity contribution >= 4 is 33.1 Å². The van der Waals surface area contributed by atoms with E-state index in [4.69, 9.17) is 22.7 Å². The van der Waals surface area contributed by atoms with Gasteiger partial charge in [0, 0.05) is 10.5 Å². The third kappa shape index (κ3) is 3.30. The number of thiocarbonyl (C=S) groups is 1. The van der Waals surface area contributed by atoms with Crippen molar-refractivity contribution in [3.05, 3.63) is 57.8 Å². The molecule has 0 aliphatic rings. The van der Waals surface area contributed by atoms with Crippen LogP contribution in [0, 0.1) is 12.7 Å². The van der Waals surface area contributed by atoms with Crippen LogP contribution < -0.4 is 10.5 Å². The molecule has 0 amide bonds. The maximum atomic E-state index is 13.2. The number of nitrogens with two attached hydrogens (primary N) is 1. The summed E-state index contributed by atoms with van der Waals surface area (Å²) >= 11 is 8.33. The highest BCUT2D eigenvalue weighted by atomic mass is 79.9. The molecule has 0 radical (unpaired) electrons. The lowest BCUT2D eigenvalue weighted by Gasteiger charge is -2.12. The fraction of sp³-hybridized carbons (Fsp3) is 0.0714. The number of halogens is 2. The molecule has 0 aromatic heterocycles. The molecule has 0 aliphatic carbocycles. The van der Waals surface area contributed by atoms with Crippen LogP contribution >= 0.6 is 28.1 Å². The van der Waals surface area contributed by atoms with E-state index in [-0.39, 0.29) is 10.8 Å². The largest absolute Gasteiger partial charge is 0.456 e.